The SMILES string of the molecule is O=C1NC(c2ccc(Cl)cc2)CN1C1CCNC1. The van der Waals surface area contributed by atoms with Crippen LogP contribution in [0, 0.1) is 0 Å². The second-order valence-electron chi connectivity index (χ2n) is 4.85. The van der Waals surface area contributed by atoms with E-state index in [-0.39, 0.29) is 12.1 Å². The molecule has 2 aliphatic heterocycles. The lowest BCUT2D eigenvalue weighted by Crippen LogP contribution is -2.39. The normalized spacial score (nSPS) is 27.6. The predicted octanol–water partition coefficient (Wildman–Crippen LogP) is 1.77. The summed E-state index contributed by atoms with van der Waals surface area (Å²) in [6.45, 7) is 2.65. The molecule has 2 amide bonds. The quantitative estimate of drug-likeness (QED) is 0.856. The standard InChI is InChI=1S/C13H16ClN3O/c14-10-3-1-9(2-4-10)12-8-17(13(18)16-12)11-5-6-15-7-11/h1-4,11-12,15H,5-8H2,(H,16,18). The average molecular weight is 266 g/mol. The summed E-state index contributed by atoms with van der Waals surface area (Å²) in [5, 5.41) is 7.05. The van der Waals surface area contributed by atoms with Crippen molar-refractivity contribution in [1.82, 2.24) is 15.5 Å². The molecule has 2 N–H and O–H groups in total. The Morgan fingerprint density at radius 1 is 1.28 bits per heavy atom. The summed E-state index contributed by atoms with van der Waals surface area (Å²) in [4.78, 5) is 13.9. The molecule has 2 atom stereocenters. The number of urea groups is 1. The predicted molar refractivity (Wildman–Crippen MR) is 70.7 cm³/mol. The topological polar surface area (TPSA) is 44.4 Å². The molecule has 4 nitrogen and oxygen atoms in total. The number of carbonyl (C=O) groups is 1. The van der Waals surface area contributed by atoms with Crippen LogP contribution in [0.3, 0.4) is 0 Å². The summed E-state index contributed by atoms with van der Waals surface area (Å²) in [7, 11) is 0. The Kier molecular flexibility index (Phi) is 3.14. The van der Waals surface area contributed by atoms with Gasteiger partial charge in [0.15, 0.2) is 0 Å². The molecule has 18 heavy (non-hydrogen) atoms. The van der Waals surface area contributed by atoms with Gasteiger partial charge in [-0.15, -0.1) is 0 Å². The second kappa shape index (κ2) is 4.78. The molecule has 1 aromatic carbocycles. The smallest absolute Gasteiger partial charge is 0.318 e. The molecule has 2 heterocycles. The van der Waals surface area contributed by atoms with Crippen molar-refractivity contribution in [3.8, 4) is 0 Å². The van der Waals surface area contributed by atoms with Gasteiger partial charge in [0.05, 0.1) is 6.04 Å². The van der Waals surface area contributed by atoms with E-state index in [2.05, 4.69) is 10.6 Å². The largest absolute Gasteiger partial charge is 0.329 e. The molecule has 2 saturated heterocycles. The zero-order valence-corrected chi connectivity index (χ0v) is 10.8. The number of halogens is 1. The van der Waals surface area contributed by atoms with Gasteiger partial charge in [0.1, 0.15) is 0 Å². The molecule has 5 heteroatoms. The molecule has 3 rings (SSSR count). The zero-order valence-electron chi connectivity index (χ0n) is 10.0. The minimum atomic E-state index is 0.0450. The van der Waals surface area contributed by atoms with Crippen LogP contribution in [0.15, 0.2) is 24.3 Å². The summed E-state index contributed by atoms with van der Waals surface area (Å²) >= 11 is 5.87. The maximum Gasteiger partial charge on any atom is 0.318 e. The van der Waals surface area contributed by atoms with Crippen molar-refractivity contribution < 1.29 is 4.79 Å². The number of hydrogen-bond donors (Lipinski definition) is 2. The summed E-state index contributed by atoms with van der Waals surface area (Å²) in [6.07, 6.45) is 1.04. The minimum Gasteiger partial charge on any atom is -0.329 e. The highest BCUT2D eigenvalue weighted by Gasteiger charge is 2.35. The molecule has 96 valence electrons. The van der Waals surface area contributed by atoms with Crippen LogP contribution in [0.25, 0.3) is 0 Å². The van der Waals surface area contributed by atoms with Crippen molar-refractivity contribution in [3.05, 3.63) is 34.9 Å². The lowest BCUT2D eigenvalue weighted by molar-refractivity contribution is 0.201. The van der Waals surface area contributed by atoms with E-state index in [9.17, 15) is 4.79 Å². The second-order valence-corrected chi connectivity index (χ2v) is 5.29. The maximum absolute atomic E-state index is 12.0. The number of rotatable bonds is 2. The number of nitrogens with one attached hydrogen (secondary N) is 2. The van der Waals surface area contributed by atoms with Gasteiger partial charge in [0, 0.05) is 24.2 Å². The van der Waals surface area contributed by atoms with Gasteiger partial charge in [-0.05, 0) is 30.7 Å². The van der Waals surface area contributed by atoms with Crippen molar-refractivity contribution >= 4 is 17.6 Å². The molecule has 0 radical (unpaired) electrons. The van der Waals surface area contributed by atoms with E-state index in [1.54, 1.807) is 0 Å². The van der Waals surface area contributed by atoms with E-state index >= 15 is 0 Å². The van der Waals surface area contributed by atoms with Crippen molar-refractivity contribution in [2.45, 2.75) is 18.5 Å². The first-order valence-electron chi connectivity index (χ1n) is 6.27. The average Bonchev–Trinajstić information content (AvgIpc) is 2.99. The Bertz CT molecular complexity index is 442. The lowest BCUT2D eigenvalue weighted by atomic mass is 10.1. The third-order valence-electron chi connectivity index (χ3n) is 3.69. The van der Waals surface area contributed by atoms with Crippen molar-refractivity contribution in [2.24, 2.45) is 0 Å². The highest BCUT2D eigenvalue weighted by atomic mass is 35.5. The van der Waals surface area contributed by atoms with Crippen LogP contribution in [0.4, 0.5) is 4.79 Å². The molecule has 2 aliphatic rings. The molecule has 0 aliphatic carbocycles. The first kappa shape index (κ1) is 11.8. The summed E-state index contributed by atoms with van der Waals surface area (Å²) in [6, 6.07) is 8.14. The Balaban J connectivity index is 1.73. The summed E-state index contributed by atoms with van der Waals surface area (Å²) in [5.74, 6) is 0. The van der Waals surface area contributed by atoms with E-state index in [1.807, 2.05) is 29.2 Å². The minimum absolute atomic E-state index is 0.0450. The fraction of sp³-hybridized carbons (Fsp3) is 0.462. The van der Waals surface area contributed by atoms with Crippen LogP contribution >= 0.6 is 11.6 Å². The van der Waals surface area contributed by atoms with Crippen molar-refractivity contribution in [3.63, 3.8) is 0 Å². The fourth-order valence-corrected chi connectivity index (χ4v) is 2.79. The van der Waals surface area contributed by atoms with Crippen LogP contribution in [0.5, 0.6) is 0 Å². The van der Waals surface area contributed by atoms with E-state index in [4.69, 9.17) is 11.6 Å². The molecular weight excluding hydrogens is 250 g/mol. The summed E-state index contributed by atoms with van der Waals surface area (Å²) in [5.41, 5.74) is 1.11. The Labute approximate surface area is 111 Å². The number of nitrogens with zero attached hydrogens (tertiary/aromatic N) is 1. The van der Waals surface area contributed by atoms with Crippen molar-refractivity contribution in [2.75, 3.05) is 19.6 Å². The van der Waals surface area contributed by atoms with Crippen molar-refractivity contribution in [1.29, 1.82) is 0 Å². The van der Waals surface area contributed by atoms with Crippen LogP contribution < -0.4 is 10.6 Å². The summed E-state index contributed by atoms with van der Waals surface area (Å²) < 4.78 is 0. The van der Waals surface area contributed by atoms with Gasteiger partial charge in [0.2, 0.25) is 0 Å². The molecule has 0 spiro atoms. The molecule has 2 fully saturated rings. The maximum atomic E-state index is 12.0. The highest BCUT2D eigenvalue weighted by Crippen LogP contribution is 2.24. The van der Waals surface area contributed by atoms with E-state index in [1.165, 1.54) is 0 Å². The van der Waals surface area contributed by atoms with Gasteiger partial charge in [-0.25, -0.2) is 4.79 Å². The monoisotopic (exact) mass is 265 g/mol. The zero-order chi connectivity index (χ0) is 12.5. The van der Waals surface area contributed by atoms with Gasteiger partial charge in [-0.2, -0.15) is 0 Å². The number of hydrogen-bond acceptors (Lipinski definition) is 2. The first-order chi connectivity index (χ1) is 8.74. The van der Waals surface area contributed by atoms with E-state index in [0.717, 1.165) is 36.6 Å². The van der Waals surface area contributed by atoms with Crippen LogP contribution in [0.2, 0.25) is 5.02 Å². The Morgan fingerprint density at radius 2 is 2.06 bits per heavy atom. The Morgan fingerprint density at radius 3 is 2.72 bits per heavy atom. The highest BCUT2D eigenvalue weighted by molar-refractivity contribution is 6.30. The molecule has 0 saturated carbocycles. The van der Waals surface area contributed by atoms with Gasteiger partial charge >= 0.3 is 6.03 Å². The van der Waals surface area contributed by atoms with E-state index in [0.29, 0.717) is 6.04 Å². The van der Waals surface area contributed by atoms with Gasteiger partial charge < -0.3 is 15.5 Å². The third-order valence-corrected chi connectivity index (χ3v) is 3.94. The molecule has 0 aromatic heterocycles. The number of benzene rings is 1. The third kappa shape index (κ3) is 2.18. The molecule has 2 unspecified atom stereocenters. The van der Waals surface area contributed by atoms with Gasteiger partial charge in [0.25, 0.3) is 0 Å². The van der Waals surface area contributed by atoms with E-state index < -0.39 is 0 Å². The van der Waals surface area contributed by atoms with Crippen LogP contribution in [0.1, 0.15) is 18.0 Å². The van der Waals surface area contributed by atoms with Gasteiger partial charge in [-0.1, -0.05) is 23.7 Å². The number of amides is 2. The lowest BCUT2D eigenvalue weighted by Gasteiger charge is -2.21. The fourth-order valence-electron chi connectivity index (χ4n) is 2.66. The first-order valence-corrected chi connectivity index (χ1v) is 6.65. The van der Waals surface area contributed by atoms with Gasteiger partial charge in [-0.3, -0.25) is 0 Å². The molecular formula is C13H16ClN3O. The molecule has 0 bridgehead atoms. The number of carbonyl (C=O) groups excluding carboxylic acids is 1. The molecule has 1 aromatic rings. The Hall–Kier alpha value is -1.26. The van der Waals surface area contributed by atoms with Crippen LogP contribution in [-0.4, -0.2) is 36.6 Å². The van der Waals surface area contributed by atoms with Crippen LogP contribution in [-0.2, 0) is 0 Å².